The minimum Gasteiger partial charge on any atom is -0.481 e. The number of aromatic nitrogens is 1. The van der Waals surface area contributed by atoms with Gasteiger partial charge < -0.3 is 20.5 Å². The van der Waals surface area contributed by atoms with Crippen molar-refractivity contribution < 1.29 is 24.2 Å². The fourth-order valence-electron chi connectivity index (χ4n) is 4.06. The zero-order valence-electron chi connectivity index (χ0n) is 18.5. The van der Waals surface area contributed by atoms with E-state index < -0.39 is 5.97 Å². The van der Waals surface area contributed by atoms with Gasteiger partial charge in [0.25, 0.3) is 11.8 Å². The van der Waals surface area contributed by atoms with Crippen LogP contribution in [0.2, 0.25) is 0 Å². The largest absolute Gasteiger partial charge is 0.481 e. The Balaban J connectivity index is 1.16. The zero-order chi connectivity index (χ0) is 23.2. The van der Waals surface area contributed by atoms with Gasteiger partial charge in [-0.05, 0) is 68.2 Å². The molecule has 8 heteroatoms. The lowest BCUT2D eigenvalue weighted by atomic mass is 9.87. The highest BCUT2D eigenvalue weighted by atomic mass is 16.5. The highest BCUT2D eigenvalue weighted by molar-refractivity contribution is 5.95. The predicted octanol–water partition coefficient (Wildman–Crippen LogP) is 3.14. The standard InChI is InChI=1S/C25H29N3O5/c29-23(18-5-3-17(4-6-18)16-1-2-16)26-13-14-27-24(30)20-9-12-22(28-15-20)33-21-10-7-19(8-11-21)25(31)32/h3-6,9,12,15-16,19,21H,1-2,7-8,10-11,13-14H2,(H,26,29)(H,27,30)(H,31,32). The Morgan fingerprint density at radius 3 is 2.00 bits per heavy atom. The molecule has 2 amide bonds. The Kier molecular flexibility index (Phi) is 7.22. The van der Waals surface area contributed by atoms with Crippen molar-refractivity contribution in [2.75, 3.05) is 13.1 Å². The molecule has 0 bridgehead atoms. The van der Waals surface area contributed by atoms with Crippen molar-refractivity contribution in [3.63, 3.8) is 0 Å². The van der Waals surface area contributed by atoms with E-state index in [0.717, 1.165) is 0 Å². The number of benzene rings is 1. The van der Waals surface area contributed by atoms with Gasteiger partial charge in [0.2, 0.25) is 5.88 Å². The SMILES string of the molecule is O=C(NCCNC(=O)c1ccc(OC2CCC(C(=O)O)CC2)nc1)c1ccc(C2CC2)cc1. The van der Waals surface area contributed by atoms with Crippen LogP contribution in [0.4, 0.5) is 0 Å². The second kappa shape index (κ2) is 10.5. The van der Waals surface area contributed by atoms with Gasteiger partial charge in [-0.1, -0.05) is 12.1 Å². The molecule has 33 heavy (non-hydrogen) atoms. The lowest BCUT2D eigenvalue weighted by Crippen LogP contribution is -2.34. The summed E-state index contributed by atoms with van der Waals surface area (Å²) in [7, 11) is 0. The third kappa shape index (κ3) is 6.31. The summed E-state index contributed by atoms with van der Waals surface area (Å²) in [5.74, 6) is -0.395. The van der Waals surface area contributed by atoms with Crippen LogP contribution < -0.4 is 15.4 Å². The Morgan fingerprint density at radius 1 is 0.848 bits per heavy atom. The van der Waals surface area contributed by atoms with Gasteiger partial charge in [0.15, 0.2) is 0 Å². The third-order valence-electron chi connectivity index (χ3n) is 6.23. The molecule has 2 fully saturated rings. The molecule has 0 unspecified atom stereocenters. The maximum atomic E-state index is 12.3. The van der Waals surface area contributed by atoms with E-state index in [-0.39, 0.29) is 23.8 Å². The smallest absolute Gasteiger partial charge is 0.306 e. The topological polar surface area (TPSA) is 118 Å². The van der Waals surface area contributed by atoms with Crippen molar-refractivity contribution in [2.24, 2.45) is 5.92 Å². The maximum absolute atomic E-state index is 12.3. The molecule has 2 aromatic rings. The van der Waals surface area contributed by atoms with E-state index >= 15 is 0 Å². The van der Waals surface area contributed by atoms with Gasteiger partial charge in [-0.15, -0.1) is 0 Å². The van der Waals surface area contributed by atoms with Crippen LogP contribution in [0.5, 0.6) is 5.88 Å². The lowest BCUT2D eigenvalue weighted by Gasteiger charge is -2.26. The van der Waals surface area contributed by atoms with Crippen LogP contribution in [0, 0.1) is 5.92 Å². The fourth-order valence-corrected chi connectivity index (χ4v) is 4.06. The highest BCUT2D eigenvalue weighted by Crippen LogP contribution is 2.39. The summed E-state index contributed by atoms with van der Waals surface area (Å²) in [4.78, 5) is 39.8. The molecule has 1 aromatic heterocycles. The number of amides is 2. The second-order valence-corrected chi connectivity index (χ2v) is 8.72. The van der Waals surface area contributed by atoms with Crippen molar-refractivity contribution in [2.45, 2.75) is 50.5 Å². The van der Waals surface area contributed by atoms with Crippen LogP contribution in [0.1, 0.15) is 70.7 Å². The van der Waals surface area contributed by atoms with E-state index in [1.807, 2.05) is 24.3 Å². The van der Waals surface area contributed by atoms with E-state index in [0.29, 0.717) is 61.7 Å². The summed E-state index contributed by atoms with van der Waals surface area (Å²) >= 11 is 0. The summed E-state index contributed by atoms with van der Waals surface area (Å²) in [5, 5.41) is 14.6. The molecule has 3 N–H and O–H groups in total. The maximum Gasteiger partial charge on any atom is 0.306 e. The van der Waals surface area contributed by atoms with Crippen molar-refractivity contribution in [1.82, 2.24) is 15.6 Å². The van der Waals surface area contributed by atoms with E-state index in [4.69, 9.17) is 9.84 Å². The number of rotatable bonds is 9. The van der Waals surface area contributed by atoms with Crippen molar-refractivity contribution in [3.8, 4) is 5.88 Å². The quantitative estimate of drug-likeness (QED) is 0.504. The number of carboxylic acids is 1. The normalized spacial score (nSPS) is 20.0. The van der Waals surface area contributed by atoms with Crippen LogP contribution in [-0.2, 0) is 4.79 Å². The first-order valence-electron chi connectivity index (χ1n) is 11.5. The Labute approximate surface area is 192 Å². The van der Waals surface area contributed by atoms with Crippen molar-refractivity contribution in [3.05, 3.63) is 59.3 Å². The van der Waals surface area contributed by atoms with E-state index in [1.165, 1.54) is 24.6 Å². The van der Waals surface area contributed by atoms with Gasteiger partial charge >= 0.3 is 5.97 Å². The molecule has 0 radical (unpaired) electrons. The minimum atomic E-state index is -0.746. The van der Waals surface area contributed by atoms with Crippen molar-refractivity contribution >= 4 is 17.8 Å². The molecule has 0 aliphatic heterocycles. The molecular formula is C25H29N3O5. The predicted molar refractivity (Wildman–Crippen MR) is 121 cm³/mol. The van der Waals surface area contributed by atoms with Gasteiger partial charge in [0, 0.05) is 30.9 Å². The Morgan fingerprint density at radius 2 is 1.45 bits per heavy atom. The monoisotopic (exact) mass is 451 g/mol. The van der Waals surface area contributed by atoms with Crippen LogP contribution in [0.15, 0.2) is 42.6 Å². The van der Waals surface area contributed by atoms with Crippen LogP contribution in [0.25, 0.3) is 0 Å². The number of carboxylic acid groups (broad SMARTS) is 1. The highest BCUT2D eigenvalue weighted by Gasteiger charge is 2.27. The number of aliphatic carboxylic acids is 1. The number of ether oxygens (including phenoxy) is 1. The number of nitrogens with zero attached hydrogens (tertiary/aromatic N) is 1. The number of nitrogens with one attached hydrogen (secondary N) is 2. The molecule has 2 aliphatic carbocycles. The number of pyridine rings is 1. The molecule has 174 valence electrons. The molecule has 0 spiro atoms. The summed E-state index contributed by atoms with van der Waals surface area (Å²) in [6.07, 6.45) is 6.41. The zero-order valence-corrected chi connectivity index (χ0v) is 18.5. The average Bonchev–Trinajstić information content (AvgIpc) is 3.68. The number of carbonyl (C=O) groups is 3. The molecule has 1 aromatic carbocycles. The molecular weight excluding hydrogens is 422 g/mol. The lowest BCUT2D eigenvalue weighted by molar-refractivity contribution is -0.143. The van der Waals surface area contributed by atoms with E-state index in [2.05, 4.69) is 15.6 Å². The molecule has 8 nitrogen and oxygen atoms in total. The molecule has 0 saturated heterocycles. The Hall–Kier alpha value is -3.42. The van der Waals surface area contributed by atoms with Crippen LogP contribution in [-0.4, -0.2) is 47.1 Å². The first kappa shape index (κ1) is 22.8. The summed E-state index contributed by atoms with van der Waals surface area (Å²) in [5.41, 5.74) is 2.30. The van der Waals surface area contributed by atoms with E-state index in [1.54, 1.807) is 12.1 Å². The third-order valence-corrected chi connectivity index (χ3v) is 6.23. The van der Waals surface area contributed by atoms with Crippen LogP contribution in [0.3, 0.4) is 0 Å². The molecule has 1 heterocycles. The molecule has 2 aliphatic rings. The minimum absolute atomic E-state index is 0.0544. The van der Waals surface area contributed by atoms with Crippen LogP contribution >= 0.6 is 0 Å². The Bertz CT molecular complexity index is 978. The molecule has 0 atom stereocenters. The first-order chi connectivity index (χ1) is 16.0. The summed E-state index contributed by atoms with van der Waals surface area (Å²) in [6.45, 7) is 0.623. The number of carbonyl (C=O) groups excluding carboxylic acids is 2. The molecule has 2 saturated carbocycles. The first-order valence-corrected chi connectivity index (χ1v) is 11.5. The fraction of sp³-hybridized carbons (Fsp3) is 0.440. The van der Waals surface area contributed by atoms with Gasteiger partial charge in [0.05, 0.1) is 11.5 Å². The van der Waals surface area contributed by atoms with E-state index in [9.17, 15) is 14.4 Å². The summed E-state index contributed by atoms with van der Waals surface area (Å²) < 4.78 is 5.83. The number of hydrogen-bond acceptors (Lipinski definition) is 5. The van der Waals surface area contributed by atoms with Gasteiger partial charge in [0.1, 0.15) is 6.10 Å². The van der Waals surface area contributed by atoms with Gasteiger partial charge in [-0.3, -0.25) is 14.4 Å². The molecule has 4 rings (SSSR count). The van der Waals surface area contributed by atoms with Gasteiger partial charge in [-0.25, -0.2) is 4.98 Å². The number of hydrogen-bond donors (Lipinski definition) is 3. The average molecular weight is 452 g/mol. The second-order valence-electron chi connectivity index (χ2n) is 8.72. The van der Waals surface area contributed by atoms with Crippen molar-refractivity contribution in [1.29, 1.82) is 0 Å². The van der Waals surface area contributed by atoms with Gasteiger partial charge in [-0.2, -0.15) is 0 Å². The summed E-state index contributed by atoms with van der Waals surface area (Å²) in [6, 6.07) is 11.0.